The molecule has 0 N–H and O–H groups in total. The maximum absolute atomic E-state index is 12.9. The van der Waals surface area contributed by atoms with Crippen LogP contribution in [0.2, 0.25) is 0 Å². The predicted octanol–water partition coefficient (Wildman–Crippen LogP) is 2.91. The molecule has 0 spiro atoms. The van der Waals surface area contributed by atoms with Crippen LogP contribution in [0.15, 0.2) is 48.8 Å². The lowest BCUT2D eigenvalue weighted by atomic mass is 10.0. The molecule has 0 saturated heterocycles. The van der Waals surface area contributed by atoms with Gasteiger partial charge in [-0.05, 0) is 24.3 Å². The second kappa shape index (κ2) is 5.28. The highest BCUT2D eigenvalue weighted by atomic mass is 19.1. The van der Waals surface area contributed by atoms with Gasteiger partial charge in [0.2, 0.25) is 5.78 Å². The maximum atomic E-state index is 12.9. The molecule has 0 aliphatic carbocycles. The third-order valence-electron chi connectivity index (χ3n) is 3.14. The molecule has 108 valence electrons. The molecule has 0 bridgehead atoms. The van der Waals surface area contributed by atoms with E-state index >= 15 is 0 Å². The van der Waals surface area contributed by atoms with Gasteiger partial charge >= 0.3 is 5.69 Å². The monoisotopic (exact) mass is 297 g/mol. The Morgan fingerprint density at radius 2 is 1.95 bits per heavy atom. The van der Waals surface area contributed by atoms with Crippen molar-refractivity contribution in [3.8, 4) is 0 Å². The molecule has 0 aliphatic heterocycles. The van der Waals surface area contributed by atoms with Crippen LogP contribution in [-0.4, -0.2) is 20.7 Å². The number of benzene rings is 1. The highest BCUT2D eigenvalue weighted by Gasteiger charge is 2.25. The first-order valence-corrected chi connectivity index (χ1v) is 6.26. The Morgan fingerprint density at radius 3 is 2.64 bits per heavy atom. The number of nitrogens with zero attached hydrogens (tertiary/aromatic N) is 3. The molecule has 0 atom stereocenters. The average molecular weight is 297 g/mol. The fourth-order valence-electron chi connectivity index (χ4n) is 2.15. The number of hydrogen-bond acceptors (Lipinski definition) is 5. The van der Waals surface area contributed by atoms with Crippen LogP contribution in [0.1, 0.15) is 16.1 Å². The predicted molar refractivity (Wildman–Crippen MR) is 76.0 cm³/mol. The van der Waals surface area contributed by atoms with Gasteiger partial charge in [0.05, 0.1) is 11.1 Å². The fraction of sp³-hybridized carbons (Fsp3) is 0. The van der Waals surface area contributed by atoms with E-state index in [1.165, 1.54) is 18.3 Å². The Labute approximate surface area is 123 Å². The lowest BCUT2D eigenvalue weighted by Crippen LogP contribution is -2.08. The molecular weight excluding hydrogens is 289 g/mol. The summed E-state index contributed by atoms with van der Waals surface area (Å²) in [6.07, 6.45) is 2.30. The first kappa shape index (κ1) is 13.7. The van der Waals surface area contributed by atoms with Crippen molar-refractivity contribution in [2.75, 3.05) is 0 Å². The van der Waals surface area contributed by atoms with E-state index in [0.717, 1.165) is 12.3 Å². The molecule has 2 aromatic heterocycles. The van der Waals surface area contributed by atoms with E-state index in [9.17, 15) is 19.3 Å². The van der Waals surface area contributed by atoms with Gasteiger partial charge in [0.15, 0.2) is 0 Å². The number of halogens is 1. The highest BCUT2D eigenvalue weighted by Crippen LogP contribution is 2.29. The molecule has 1 aromatic carbocycles. The molecular formula is C15H8FN3O3. The molecule has 0 amide bonds. The molecule has 0 radical (unpaired) electrons. The van der Waals surface area contributed by atoms with E-state index in [1.54, 1.807) is 18.2 Å². The van der Waals surface area contributed by atoms with E-state index in [0.29, 0.717) is 5.39 Å². The minimum Gasteiger partial charge on any atom is -0.287 e. The largest absolute Gasteiger partial charge is 0.306 e. The molecule has 0 saturated carbocycles. The van der Waals surface area contributed by atoms with E-state index in [4.69, 9.17) is 0 Å². The molecule has 6 nitrogen and oxygen atoms in total. The van der Waals surface area contributed by atoms with Crippen LogP contribution in [0.3, 0.4) is 0 Å². The Bertz CT molecular complexity index is 894. The van der Waals surface area contributed by atoms with Crippen molar-refractivity contribution in [3.05, 3.63) is 76.0 Å². The van der Waals surface area contributed by atoms with Crippen LogP contribution in [0.5, 0.6) is 0 Å². The number of rotatable bonds is 3. The zero-order valence-corrected chi connectivity index (χ0v) is 11.1. The number of nitro benzene ring substituents is 1. The van der Waals surface area contributed by atoms with Crippen LogP contribution in [0, 0.1) is 15.9 Å². The second-order valence-corrected chi connectivity index (χ2v) is 4.48. The number of hydrogen-bond donors (Lipinski definition) is 0. The first-order valence-electron chi connectivity index (χ1n) is 6.26. The zero-order valence-electron chi connectivity index (χ0n) is 11.1. The molecule has 0 fully saturated rings. The number of fused-ring (bicyclic) bond motifs is 1. The van der Waals surface area contributed by atoms with Crippen LogP contribution < -0.4 is 0 Å². The van der Waals surface area contributed by atoms with Gasteiger partial charge in [-0.3, -0.25) is 14.9 Å². The van der Waals surface area contributed by atoms with Gasteiger partial charge in [-0.15, -0.1) is 0 Å². The molecule has 22 heavy (non-hydrogen) atoms. The lowest BCUT2D eigenvalue weighted by Gasteiger charge is -2.05. The quantitative estimate of drug-likeness (QED) is 0.421. The van der Waals surface area contributed by atoms with Crippen molar-refractivity contribution >= 4 is 22.4 Å². The fourth-order valence-corrected chi connectivity index (χ4v) is 2.15. The minimum absolute atomic E-state index is 0.0696. The summed E-state index contributed by atoms with van der Waals surface area (Å²) in [7, 11) is 0. The van der Waals surface area contributed by atoms with Crippen LogP contribution in [0.4, 0.5) is 10.1 Å². The van der Waals surface area contributed by atoms with Crippen molar-refractivity contribution in [1.29, 1.82) is 0 Å². The summed E-state index contributed by atoms with van der Waals surface area (Å²) in [6, 6.07) is 8.51. The third-order valence-corrected chi connectivity index (χ3v) is 3.14. The van der Waals surface area contributed by atoms with Gasteiger partial charge in [-0.25, -0.2) is 14.4 Å². The molecule has 2 heterocycles. The first-order chi connectivity index (χ1) is 10.6. The normalized spacial score (nSPS) is 10.6. The van der Waals surface area contributed by atoms with Crippen molar-refractivity contribution in [2.24, 2.45) is 0 Å². The number of carbonyl (C=O) groups is 1. The summed E-state index contributed by atoms with van der Waals surface area (Å²) in [4.78, 5) is 30.8. The van der Waals surface area contributed by atoms with Crippen molar-refractivity contribution in [3.63, 3.8) is 0 Å². The van der Waals surface area contributed by atoms with Gasteiger partial charge in [-0.1, -0.05) is 12.1 Å². The topological polar surface area (TPSA) is 86.0 Å². The van der Waals surface area contributed by atoms with Gasteiger partial charge in [-0.2, -0.15) is 0 Å². The van der Waals surface area contributed by atoms with Crippen LogP contribution in [-0.2, 0) is 0 Å². The Hall–Kier alpha value is -3.22. The Balaban J connectivity index is 2.22. The summed E-state index contributed by atoms with van der Waals surface area (Å²) in [5, 5.41) is 11.9. The molecule has 3 aromatic rings. The second-order valence-electron chi connectivity index (χ2n) is 4.48. The summed E-state index contributed by atoms with van der Waals surface area (Å²) in [6.45, 7) is 0. The SMILES string of the molecule is O=C(c1ccc(F)cn1)c1ccc2cccnc2c1[N+](=O)[O-]. The van der Waals surface area contributed by atoms with Crippen LogP contribution in [0.25, 0.3) is 10.9 Å². The van der Waals surface area contributed by atoms with Gasteiger partial charge < -0.3 is 0 Å². The number of ketones is 1. The van der Waals surface area contributed by atoms with Gasteiger partial charge in [0.1, 0.15) is 22.6 Å². The maximum Gasteiger partial charge on any atom is 0.306 e. The van der Waals surface area contributed by atoms with Gasteiger partial charge in [0.25, 0.3) is 0 Å². The number of aromatic nitrogens is 2. The minimum atomic E-state index is -0.653. The summed E-state index contributed by atoms with van der Waals surface area (Å²) >= 11 is 0. The standard InChI is InChI=1S/C15H8FN3O3/c16-10-4-6-12(18-8-10)15(20)11-5-3-9-2-1-7-17-13(9)14(11)19(21)22/h1-8H. The van der Waals surface area contributed by atoms with Crippen molar-refractivity contribution < 1.29 is 14.1 Å². The van der Waals surface area contributed by atoms with E-state index in [-0.39, 0.29) is 22.5 Å². The van der Waals surface area contributed by atoms with E-state index in [1.807, 2.05) is 0 Å². The number of carbonyl (C=O) groups excluding carboxylic acids is 1. The molecule has 3 rings (SSSR count). The summed E-state index contributed by atoms with van der Waals surface area (Å²) in [5.74, 6) is -1.24. The summed E-state index contributed by atoms with van der Waals surface area (Å²) < 4.78 is 12.9. The van der Waals surface area contributed by atoms with E-state index < -0.39 is 16.5 Å². The van der Waals surface area contributed by atoms with Crippen molar-refractivity contribution in [1.82, 2.24) is 9.97 Å². The molecule has 7 heteroatoms. The molecule has 0 unspecified atom stereocenters. The lowest BCUT2D eigenvalue weighted by molar-refractivity contribution is -0.383. The zero-order chi connectivity index (χ0) is 15.7. The third kappa shape index (κ3) is 2.28. The summed E-state index contributed by atoms with van der Waals surface area (Å²) in [5.41, 5.74) is -0.454. The smallest absolute Gasteiger partial charge is 0.287 e. The van der Waals surface area contributed by atoms with E-state index in [2.05, 4.69) is 9.97 Å². The number of nitro groups is 1. The molecule has 0 aliphatic rings. The van der Waals surface area contributed by atoms with Crippen LogP contribution >= 0.6 is 0 Å². The Kier molecular flexibility index (Phi) is 3.30. The van der Waals surface area contributed by atoms with Gasteiger partial charge in [0, 0.05) is 11.6 Å². The highest BCUT2D eigenvalue weighted by molar-refractivity contribution is 6.13. The average Bonchev–Trinajstić information content (AvgIpc) is 2.53. The van der Waals surface area contributed by atoms with Crippen molar-refractivity contribution in [2.45, 2.75) is 0 Å². The Morgan fingerprint density at radius 1 is 1.14 bits per heavy atom. The number of pyridine rings is 2.